The van der Waals surface area contributed by atoms with E-state index in [0.717, 1.165) is 6.42 Å². The van der Waals surface area contributed by atoms with Gasteiger partial charge in [-0.05, 0) is 18.6 Å². The van der Waals surface area contributed by atoms with Crippen LogP contribution >= 0.6 is 0 Å². The van der Waals surface area contributed by atoms with Gasteiger partial charge in [-0.2, -0.15) is 0 Å². The highest BCUT2D eigenvalue weighted by Gasteiger charge is 2.06. The largest absolute Gasteiger partial charge is 0.326 e. The fourth-order valence-corrected chi connectivity index (χ4v) is 1.39. The SMILES string of the molecule is CCCC(=O)Nc1ccnc(-c2nncnn2)c1. The maximum atomic E-state index is 11.5. The summed E-state index contributed by atoms with van der Waals surface area (Å²) in [4.78, 5) is 15.6. The molecule has 0 fully saturated rings. The molecule has 7 heteroatoms. The third kappa shape index (κ3) is 3.03. The summed E-state index contributed by atoms with van der Waals surface area (Å²) in [6.45, 7) is 1.95. The van der Waals surface area contributed by atoms with Crippen molar-refractivity contribution in [3.05, 3.63) is 24.7 Å². The van der Waals surface area contributed by atoms with Crippen molar-refractivity contribution in [1.82, 2.24) is 25.4 Å². The smallest absolute Gasteiger partial charge is 0.224 e. The van der Waals surface area contributed by atoms with E-state index in [-0.39, 0.29) is 5.91 Å². The summed E-state index contributed by atoms with van der Waals surface area (Å²) in [6, 6.07) is 3.40. The van der Waals surface area contributed by atoms with Crippen molar-refractivity contribution in [1.29, 1.82) is 0 Å². The molecule has 92 valence electrons. The van der Waals surface area contributed by atoms with Crippen LogP contribution in [0, 0.1) is 0 Å². The number of nitrogens with zero attached hydrogens (tertiary/aromatic N) is 5. The fourth-order valence-electron chi connectivity index (χ4n) is 1.39. The average molecular weight is 244 g/mol. The predicted molar refractivity (Wildman–Crippen MR) is 64.4 cm³/mol. The quantitative estimate of drug-likeness (QED) is 0.864. The summed E-state index contributed by atoms with van der Waals surface area (Å²) in [5.41, 5.74) is 1.18. The number of aromatic nitrogens is 5. The average Bonchev–Trinajstić information content (AvgIpc) is 2.40. The Morgan fingerprint density at radius 1 is 1.33 bits per heavy atom. The molecular formula is C11H12N6O. The Balaban J connectivity index is 2.18. The Bertz CT molecular complexity index is 530. The van der Waals surface area contributed by atoms with Crippen LogP contribution in [-0.2, 0) is 4.79 Å². The van der Waals surface area contributed by atoms with Gasteiger partial charge >= 0.3 is 0 Å². The first-order chi connectivity index (χ1) is 8.79. The molecule has 0 unspecified atom stereocenters. The standard InChI is InChI=1S/C11H12N6O/c1-2-3-10(18)15-8-4-5-12-9(6-8)11-16-13-7-14-17-11/h4-7H,2-3H2,1H3,(H,12,15,18). The highest BCUT2D eigenvalue weighted by Crippen LogP contribution is 2.15. The molecule has 2 aromatic rings. The first-order valence-electron chi connectivity index (χ1n) is 5.56. The molecule has 0 aliphatic rings. The second-order valence-corrected chi connectivity index (χ2v) is 3.60. The van der Waals surface area contributed by atoms with Crippen LogP contribution in [0.15, 0.2) is 24.7 Å². The maximum Gasteiger partial charge on any atom is 0.224 e. The summed E-state index contributed by atoms with van der Waals surface area (Å²) < 4.78 is 0. The van der Waals surface area contributed by atoms with Gasteiger partial charge in [0, 0.05) is 18.3 Å². The molecule has 0 aromatic carbocycles. The van der Waals surface area contributed by atoms with E-state index in [0.29, 0.717) is 23.6 Å². The van der Waals surface area contributed by atoms with E-state index in [4.69, 9.17) is 0 Å². The highest BCUT2D eigenvalue weighted by atomic mass is 16.1. The van der Waals surface area contributed by atoms with Crippen LogP contribution < -0.4 is 5.32 Å². The summed E-state index contributed by atoms with van der Waals surface area (Å²) in [5, 5.41) is 17.7. The van der Waals surface area contributed by atoms with Crippen molar-refractivity contribution in [2.24, 2.45) is 0 Å². The number of amides is 1. The first kappa shape index (κ1) is 12.0. The van der Waals surface area contributed by atoms with Gasteiger partial charge in [-0.15, -0.1) is 20.4 Å². The van der Waals surface area contributed by atoms with Gasteiger partial charge in [-0.1, -0.05) is 6.92 Å². The van der Waals surface area contributed by atoms with Gasteiger partial charge in [0.25, 0.3) is 0 Å². The number of carbonyl (C=O) groups is 1. The minimum atomic E-state index is -0.0279. The minimum Gasteiger partial charge on any atom is -0.326 e. The molecule has 0 aliphatic heterocycles. The molecule has 2 aromatic heterocycles. The van der Waals surface area contributed by atoms with Crippen LogP contribution in [0.2, 0.25) is 0 Å². The van der Waals surface area contributed by atoms with E-state index in [9.17, 15) is 4.79 Å². The summed E-state index contributed by atoms with van der Waals surface area (Å²) >= 11 is 0. The Labute approximate surface area is 104 Å². The zero-order valence-corrected chi connectivity index (χ0v) is 9.87. The predicted octanol–water partition coefficient (Wildman–Crippen LogP) is 1.07. The lowest BCUT2D eigenvalue weighted by Gasteiger charge is -2.04. The van der Waals surface area contributed by atoms with Crippen LogP contribution in [0.4, 0.5) is 5.69 Å². The van der Waals surface area contributed by atoms with Crippen molar-refractivity contribution in [2.45, 2.75) is 19.8 Å². The lowest BCUT2D eigenvalue weighted by molar-refractivity contribution is -0.116. The van der Waals surface area contributed by atoms with Crippen LogP contribution in [0.25, 0.3) is 11.5 Å². The maximum absolute atomic E-state index is 11.5. The van der Waals surface area contributed by atoms with Gasteiger partial charge < -0.3 is 5.32 Å². The van der Waals surface area contributed by atoms with Crippen molar-refractivity contribution in [3.8, 4) is 11.5 Å². The number of hydrogen-bond acceptors (Lipinski definition) is 6. The number of hydrogen-bond donors (Lipinski definition) is 1. The molecule has 0 atom stereocenters. The Morgan fingerprint density at radius 3 is 2.83 bits per heavy atom. The normalized spacial score (nSPS) is 10.1. The van der Waals surface area contributed by atoms with Gasteiger partial charge in [0.15, 0.2) is 6.33 Å². The van der Waals surface area contributed by atoms with Crippen LogP contribution in [0.5, 0.6) is 0 Å². The van der Waals surface area contributed by atoms with Crippen LogP contribution in [-0.4, -0.2) is 31.3 Å². The van der Waals surface area contributed by atoms with E-state index >= 15 is 0 Å². The monoisotopic (exact) mass is 244 g/mol. The molecule has 1 amide bonds. The van der Waals surface area contributed by atoms with E-state index < -0.39 is 0 Å². The van der Waals surface area contributed by atoms with E-state index in [1.807, 2.05) is 6.92 Å². The van der Waals surface area contributed by atoms with Crippen molar-refractivity contribution in [2.75, 3.05) is 5.32 Å². The second-order valence-electron chi connectivity index (χ2n) is 3.60. The lowest BCUT2D eigenvalue weighted by atomic mass is 10.2. The molecule has 0 saturated heterocycles. The van der Waals surface area contributed by atoms with Crippen molar-refractivity contribution >= 4 is 11.6 Å². The van der Waals surface area contributed by atoms with E-state index in [1.54, 1.807) is 18.3 Å². The topological polar surface area (TPSA) is 93.6 Å². The zero-order chi connectivity index (χ0) is 12.8. The number of rotatable bonds is 4. The summed E-state index contributed by atoms with van der Waals surface area (Å²) in [7, 11) is 0. The minimum absolute atomic E-state index is 0.0279. The van der Waals surface area contributed by atoms with E-state index in [1.165, 1.54) is 6.33 Å². The molecular weight excluding hydrogens is 232 g/mol. The molecule has 2 heterocycles. The Morgan fingerprint density at radius 2 is 2.11 bits per heavy atom. The molecule has 0 radical (unpaired) electrons. The van der Waals surface area contributed by atoms with Crippen molar-refractivity contribution < 1.29 is 4.79 Å². The summed E-state index contributed by atoms with van der Waals surface area (Å²) in [6.07, 6.45) is 4.12. The van der Waals surface area contributed by atoms with Gasteiger partial charge in [-0.25, -0.2) is 0 Å². The lowest BCUT2D eigenvalue weighted by Crippen LogP contribution is -2.10. The molecule has 0 bridgehead atoms. The molecule has 0 saturated carbocycles. The first-order valence-corrected chi connectivity index (χ1v) is 5.56. The molecule has 0 aliphatic carbocycles. The van der Waals surface area contributed by atoms with Gasteiger partial charge in [0.2, 0.25) is 11.7 Å². The molecule has 7 nitrogen and oxygen atoms in total. The highest BCUT2D eigenvalue weighted by molar-refractivity contribution is 5.91. The third-order valence-corrected chi connectivity index (χ3v) is 2.16. The number of nitrogens with one attached hydrogen (secondary N) is 1. The van der Waals surface area contributed by atoms with Gasteiger partial charge in [-0.3, -0.25) is 9.78 Å². The molecule has 2 rings (SSSR count). The van der Waals surface area contributed by atoms with Crippen molar-refractivity contribution in [3.63, 3.8) is 0 Å². The zero-order valence-electron chi connectivity index (χ0n) is 9.87. The van der Waals surface area contributed by atoms with E-state index in [2.05, 4.69) is 30.7 Å². The van der Waals surface area contributed by atoms with Crippen LogP contribution in [0.3, 0.4) is 0 Å². The summed E-state index contributed by atoms with van der Waals surface area (Å²) in [5.74, 6) is 0.295. The number of pyridine rings is 1. The molecule has 0 spiro atoms. The second kappa shape index (κ2) is 5.76. The number of anilines is 1. The Kier molecular flexibility index (Phi) is 3.85. The molecule has 18 heavy (non-hydrogen) atoms. The Hall–Kier alpha value is -2.44. The van der Waals surface area contributed by atoms with Crippen LogP contribution in [0.1, 0.15) is 19.8 Å². The number of carbonyl (C=O) groups excluding carboxylic acids is 1. The molecule has 1 N–H and O–H groups in total. The van der Waals surface area contributed by atoms with Gasteiger partial charge in [0.1, 0.15) is 5.69 Å². The van der Waals surface area contributed by atoms with Gasteiger partial charge in [0.05, 0.1) is 0 Å². The third-order valence-electron chi connectivity index (χ3n) is 2.16. The fraction of sp³-hybridized carbons (Fsp3) is 0.273.